The molecule has 0 spiro atoms. The van der Waals surface area contributed by atoms with Gasteiger partial charge < -0.3 is 10.8 Å². The predicted octanol–water partition coefficient (Wildman–Crippen LogP) is 4.65. The van der Waals surface area contributed by atoms with E-state index in [-0.39, 0.29) is 17.1 Å². The lowest BCUT2D eigenvalue weighted by Gasteiger charge is -2.08. The SMILES string of the molecule is CCC(=O)c1ccccc1N=Nc1cc(C(N)=O)c(O)c2ccccc12. The molecule has 6 heteroatoms. The smallest absolute Gasteiger partial charge is 0.252 e. The number of primary amides is 1. The second-order valence-corrected chi connectivity index (χ2v) is 5.70. The molecule has 6 nitrogen and oxygen atoms in total. The van der Waals surface area contributed by atoms with Crippen LogP contribution in [0.5, 0.6) is 5.75 Å². The van der Waals surface area contributed by atoms with Crippen LogP contribution in [0.2, 0.25) is 0 Å². The molecular weight excluding hydrogens is 330 g/mol. The van der Waals surface area contributed by atoms with Crippen LogP contribution in [0.3, 0.4) is 0 Å². The van der Waals surface area contributed by atoms with E-state index in [4.69, 9.17) is 5.73 Å². The maximum absolute atomic E-state index is 12.1. The Morgan fingerprint density at radius 2 is 1.54 bits per heavy atom. The van der Waals surface area contributed by atoms with Gasteiger partial charge in [0, 0.05) is 22.8 Å². The third kappa shape index (κ3) is 3.17. The maximum Gasteiger partial charge on any atom is 0.252 e. The Bertz CT molecular complexity index is 1040. The lowest BCUT2D eigenvalue weighted by atomic mass is 10.0. The zero-order valence-corrected chi connectivity index (χ0v) is 14.1. The Hall–Kier alpha value is -3.54. The quantitative estimate of drug-likeness (QED) is 0.518. The number of carbonyl (C=O) groups is 2. The summed E-state index contributed by atoms with van der Waals surface area (Å²) in [5, 5.41) is 19.8. The highest BCUT2D eigenvalue weighted by molar-refractivity contribution is 6.07. The van der Waals surface area contributed by atoms with Crippen molar-refractivity contribution in [1.29, 1.82) is 0 Å². The van der Waals surface area contributed by atoms with Gasteiger partial charge in [-0.1, -0.05) is 43.3 Å². The normalized spacial score (nSPS) is 11.1. The maximum atomic E-state index is 12.1. The lowest BCUT2D eigenvalue weighted by Crippen LogP contribution is -2.11. The van der Waals surface area contributed by atoms with Crippen molar-refractivity contribution in [3.05, 3.63) is 65.7 Å². The van der Waals surface area contributed by atoms with Gasteiger partial charge in [0.15, 0.2) is 5.78 Å². The van der Waals surface area contributed by atoms with Crippen molar-refractivity contribution in [3.63, 3.8) is 0 Å². The summed E-state index contributed by atoms with van der Waals surface area (Å²) in [6, 6.07) is 15.3. The molecule has 0 aliphatic rings. The largest absolute Gasteiger partial charge is 0.506 e. The van der Waals surface area contributed by atoms with E-state index in [1.165, 1.54) is 6.07 Å². The third-order valence-electron chi connectivity index (χ3n) is 4.05. The molecule has 0 saturated carbocycles. The first-order chi connectivity index (χ1) is 12.5. The number of rotatable bonds is 5. The molecule has 130 valence electrons. The van der Waals surface area contributed by atoms with Gasteiger partial charge in [0.05, 0.1) is 16.9 Å². The molecule has 0 bridgehead atoms. The number of amides is 1. The number of fused-ring (bicyclic) bond motifs is 1. The van der Waals surface area contributed by atoms with Gasteiger partial charge in [0.1, 0.15) is 5.75 Å². The van der Waals surface area contributed by atoms with Gasteiger partial charge in [0.2, 0.25) is 0 Å². The van der Waals surface area contributed by atoms with Crippen LogP contribution in [0.1, 0.15) is 34.1 Å². The molecule has 0 aliphatic heterocycles. The summed E-state index contributed by atoms with van der Waals surface area (Å²) < 4.78 is 0. The molecule has 0 heterocycles. The molecule has 26 heavy (non-hydrogen) atoms. The number of benzene rings is 3. The summed E-state index contributed by atoms with van der Waals surface area (Å²) in [7, 11) is 0. The minimum Gasteiger partial charge on any atom is -0.506 e. The molecule has 3 rings (SSSR count). The van der Waals surface area contributed by atoms with Crippen molar-refractivity contribution in [1.82, 2.24) is 0 Å². The Morgan fingerprint density at radius 3 is 2.23 bits per heavy atom. The van der Waals surface area contributed by atoms with E-state index in [0.717, 1.165) is 0 Å². The van der Waals surface area contributed by atoms with E-state index in [2.05, 4.69) is 10.2 Å². The Kier molecular flexibility index (Phi) is 4.75. The van der Waals surface area contributed by atoms with Gasteiger partial charge in [-0.15, -0.1) is 10.2 Å². The van der Waals surface area contributed by atoms with Crippen molar-refractivity contribution in [3.8, 4) is 5.75 Å². The van der Waals surface area contributed by atoms with Crippen LogP contribution in [0.25, 0.3) is 10.8 Å². The molecule has 3 N–H and O–H groups in total. The number of ketones is 1. The summed E-state index contributed by atoms with van der Waals surface area (Å²) in [4.78, 5) is 23.7. The number of nitrogens with two attached hydrogens (primary N) is 1. The number of hydrogen-bond donors (Lipinski definition) is 2. The zero-order valence-electron chi connectivity index (χ0n) is 14.1. The molecule has 0 unspecified atom stereocenters. The molecular formula is C20H17N3O3. The number of phenols is 1. The number of aromatic hydroxyl groups is 1. The highest BCUT2D eigenvalue weighted by Crippen LogP contribution is 2.36. The molecule has 0 radical (unpaired) electrons. The molecule has 3 aromatic carbocycles. The van der Waals surface area contributed by atoms with E-state index >= 15 is 0 Å². The predicted molar refractivity (Wildman–Crippen MR) is 99.4 cm³/mol. The molecule has 3 aromatic rings. The highest BCUT2D eigenvalue weighted by Gasteiger charge is 2.15. The lowest BCUT2D eigenvalue weighted by molar-refractivity contribution is 0.0984. The van der Waals surface area contributed by atoms with Gasteiger partial charge in [-0.2, -0.15) is 0 Å². The van der Waals surface area contributed by atoms with Crippen LogP contribution in [0.4, 0.5) is 11.4 Å². The Balaban J connectivity index is 2.16. The summed E-state index contributed by atoms with van der Waals surface area (Å²) in [5.41, 5.74) is 6.62. The summed E-state index contributed by atoms with van der Waals surface area (Å²) in [6.07, 6.45) is 0.362. The van der Waals surface area contributed by atoms with Crippen molar-refractivity contribution >= 4 is 33.8 Å². The summed E-state index contributed by atoms with van der Waals surface area (Å²) >= 11 is 0. The number of Topliss-reactive ketones (excluding diaryl/α,β-unsaturated/α-hetero) is 1. The van der Waals surface area contributed by atoms with Crippen molar-refractivity contribution < 1.29 is 14.7 Å². The van der Waals surface area contributed by atoms with E-state index in [1.54, 1.807) is 55.5 Å². The number of hydrogen-bond acceptors (Lipinski definition) is 5. The van der Waals surface area contributed by atoms with Crippen LogP contribution < -0.4 is 5.73 Å². The van der Waals surface area contributed by atoms with Gasteiger partial charge in [-0.25, -0.2) is 0 Å². The van der Waals surface area contributed by atoms with E-state index in [9.17, 15) is 14.7 Å². The fraction of sp³-hybridized carbons (Fsp3) is 0.100. The molecule has 0 aromatic heterocycles. The van der Waals surface area contributed by atoms with E-state index < -0.39 is 5.91 Å². The number of carbonyl (C=O) groups excluding carboxylic acids is 2. The van der Waals surface area contributed by atoms with Crippen molar-refractivity contribution in [2.24, 2.45) is 16.0 Å². The molecule has 0 atom stereocenters. The summed E-state index contributed by atoms with van der Waals surface area (Å²) in [5.74, 6) is -0.979. The molecule has 1 amide bonds. The topological polar surface area (TPSA) is 105 Å². The van der Waals surface area contributed by atoms with Crippen LogP contribution in [-0.2, 0) is 0 Å². The molecule has 0 aliphatic carbocycles. The first-order valence-corrected chi connectivity index (χ1v) is 8.11. The van der Waals surface area contributed by atoms with E-state index in [0.29, 0.717) is 34.1 Å². The molecule has 0 saturated heterocycles. The van der Waals surface area contributed by atoms with E-state index in [1.807, 2.05) is 0 Å². The average Bonchev–Trinajstić information content (AvgIpc) is 2.67. The second kappa shape index (κ2) is 7.14. The monoisotopic (exact) mass is 347 g/mol. The van der Waals surface area contributed by atoms with Crippen LogP contribution in [0, 0.1) is 0 Å². The van der Waals surface area contributed by atoms with Crippen molar-refractivity contribution in [2.75, 3.05) is 0 Å². The van der Waals surface area contributed by atoms with Gasteiger partial charge in [-0.05, 0) is 18.2 Å². The van der Waals surface area contributed by atoms with Gasteiger partial charge >= 0.3 is 0 Å². The number of nitrogens with zero attached hydrogens (tertiary/aromatic N) is 2. The minimum absolute atomic E-state index is 0.0319. The fourth-order valence-electron chi connectivity index (χ4n) is 2.71. The Labute approximate surface area is 150 Å². The third-order valence-corrected chi connectivity index (χ3v) is 4.05. The van der Waals surface area contributed by atoms with Gasteiger partial charge in [-0.3, -0.25) is 9.59 Å². The molecule has 0 fully saturated rings. The first-order valence-electron chi connectivity index (χ1n) is 8.11. The average molecular weight is 347 g/mol. The van der Waals surface area contributed by atoms with Crippen molar-refractivity contribution in [2.45, 2.75) is 13.3 Å². The zero-order chi connectivity index (χ0) is 18.7. The van der Waals surface area contributed by atoms with Crippen LogP contribution in [0.15, 0.2) is 64.8 Å². The van der Waals surface area contributed by atoms with Crippen LogP contribution in [-0.4, -0.2) is 16.8 Å². The highest BCUT2D eigenvalue weighted by atomic mass is 16.3. The second-order valence-electron chi connectivity index (χ2n) is 5.70. The van der Waals surface area contributed by atoms with Crippen LogP contribution >= 0.6 is 0 Å². The first kappa shape index (κ1) is 17.3. The summed E-state index contributed by atoms with van der Waals surface area (Å²) in [6.45, 7) is 1.78. The minimum atomic E-state index is -0.758. The standard InChI is InChI=1S/C20H17N3O3/c1-2-18(24)14-9-5-6-10-16(14)22-23-17-11-15(20(21)26)19(25)13-8-4-3-7-12(13)17/h3-11,25H,2H2,1H3,(H2,21,26). The fourth-order valence-corrected chi connectivity index (χ4v) is 2.71. The Morgan fingerprint density at radius 1 is 0.923 bits per heavy atom. The number of azo groups is 1. The van der Waals surface area contributed by atoms with Gasteiger partial charge in [0.25, 0.3) is 5.91 Å².